The molecule has 3 aromatic rings. The Balaban J connectivity index is 0.00000240. The topological polar surface area (TPSA) is 75.4 Å². The summed E-state index contributed by atoms with van der Waals surface area (Å²) in [7, 11) is 0. The summed E-state index contributed by atoms with van der Waals surface area (Å²) < 4.78 is 1.68. The lowest BCUT2D eigenvalue weighted by Gasteiger charge is -2.30. The van der Waals surface area contributed by atoms with E-state index >= 15 is 0 Å². The number of benzene rings is 1. The van der Waals surface area contributed by atoms with E-state index in [-0.39, 0.29) is 24.0 Å². The van der Waals surface area contributed by atoms with Gasteiger partial charge in [-0.05, 0) is 24.8 Å². The van der Waals surface area contributed by atoms with Gasteiger partial charge in [0.2, 0.25) is 5.43 Å². The van der Waals surface area contributed by atoms with Crippen LogP contribution < -0.4 is 5.43 Å². The lowest BCUT2D eigenvalue weighted by atomic mass is 10.1. The first-order valence-corrected chi connectivity index (χ1v) is 10.2. The highest BCUT2D eigenvalue weighted by Gasteiger charge is 2.29. The van der Waals surface area contributed by atoms with Crippen LogP contribution in [0.3, 0.4) is 0 Å². The lowest BCUT2D eigenvalue weighted by molar-refractivity contribution is 0.0694. The Morgan fingerprint density at radius 1 is 1.10 bits per heavy atom. The molecule has 1 amide bonds. The van der Waals surface area contributed by atoms with E-state index in [1.807, 2.05) is 18.2 Å². The number of unbranched alkanes of at least 4 members (excludes halogenated alkanes) is 1. The van der Waals surface area contributed by atoms with Crippen molar-refractivity contribution >= 4 is 29.7 Å². The quantitative estimate of drug-likeness (QED) is 0.605. The first-order chi connectivity index (χ1) is 13.6. The summed E-state index contributed by atoms with van der Waals surface area (Å²) in [5.74, 6) is -0.766. The van der Waals surface area contributed by atoms with Crippen LogP contribution in [0.15, 0.2) is 52.9 Å². The maximum Gasteiger partial charge on any atom is 0.274 e. The summed E-state index contributed by atoms with van der Waals surface area (Å²) in [5, 5.41) is 12.8. The molecule has 29 heavy (non-hydrogen) atoms. The monoisotopic (exact) mass is 431 g/mol. The van der Waals surface area contributed by atoms with Gasteiger partial charge in [0.15, 0.2) is 11.4 Å². The average Bonchev–Trinajstić information content (AvgIpc) is 3.24. The van der Waals surface area contributed by atoms with Crippen molar-refractivity contribution in [1.82, 2.24) is 14.5 Å². The number of fused-ring (bicyclic) bond motifs is 1. The number of thiazole rings is 1. The zero-order chi connectivity index (χ0) is 19.5. The van der Waals surface area contributed by atoms with Gasteiger partial charge in [-0.2, -0.15) is 0 Å². The van der Waals surface area contributed by atoms with E-state index in [9.17, 15) is 14.7 Å². The molecule has 0 bridgehead atoms. The fourth-order valence-corrected chi connectivity index (χ4v) is 4.17. The van der Waals surface area contributed by atoms with Crippen LogP contribution in [0.4, 0.5) is 0 Å². The minimum atomic E-state index is -0.541. The number of pyridine rings is 1. The number of aromatic hydroxyl groups is 1. The fraction of sp³-hybridized carbons (Fsp3) is 0.286. The third kappa shape index (κ3) is 4.36. The minimum Gasteiger partial charge on any atom is -0.503 e. The maximum atomic E-state index is 12.8. The van der Waals surface area contributed by atoms with Crippen molar-refractivity contribution in [3.8, 4) is 16.3 Å². The summed E-state index contributed by atoms with van der Waals surface area (Å²) in [5.41, 5.74) is 1.16. The SMILES string of the molecule is Cl.O=C1c2c(O)c(=O)c(-c3nccs3)cn2CCN1CCCCc1ccccc1. The molecular formula is C21H22ClN3O3S. The number of rotatable bonds is 6. The predicted octanol–water partition coefficient (Wildman–Crippen LogP) is 3.58. The highest BCUT2D eigenvalue weighted by atomic mass is 35.5. The Morgan fingerprint density at radius 2 is 1.90 bits per heavy atom. The van der Waals surface area contributed by atoms with Crippen molar-refractivity contribution in [3.63, 3.8) is 0 Å². The van der Waals surface area contributed by atoms with Crippen molar-refractivity contribution in [2.75, 3.05) is 13.1 Å². The lowest BCUT2D eigenvalue weighted by Crippen LogP contribution is -2.42. The molecule has 0 radical (unpaired) electrons. The van der Waals surface area contributed by atoms with Crippen molar-refractivity contribution < 1.29 is 9.90 Å². The first kappa shape index (κ1) is 21.1. The van der Waals surface area contributed by atoms with Crippen LogP contribution >= 0.6 is 23.7 Å². The molecular weight excluding hydrogens is 410 g/mol. The third-order valence-electron chi connectivity index (χ3n) is 5.01. The maximum absolute atomic E-state index is 12.8. The first-order valence-electron chi connectivity index (χ1n) is 9.34. The number of aromatic nitrogens is 2. The second kappa shape index (κ2) is 9.24. The Hall–Kier alpha value is -2.64. The molecule has 0 atom stereocenters. The van der Waals surface area contributed by atoms with Crippen LogP contribution in [-0.2, 0) is 13.0 Å². The van der Waals surface area contributed by atoms with Gasteiger partial charge in [0.1, 0.15) is 5.01 Å². The molecule has 0 unspecified atom stereocenters. The third-order valence-corrected chi connectivity index (χ3v) is 5.81. The van der Waals surface area contributed by atoms with Crippen LogP contribution in [0.5, 0.6) is 5.75 Å². The van der Waals surface area contributed by atoms with E-state index in [1.165, 1.54) is 16.9 Å². The number of carbonyl (C=O) groups is 1. The highest BCUT2D eigenvalue weighted by molar-refractivity contribution is 7.13. The fourth-order valence-electron chi connectivity index (χ4n) is 3.53. The Kier molecular flexibility index (Phi) is 6.71. The average molecular weight is 432 g/mol. The molecule has 152 valence electrons. The molecule has 0 fully saturated rings. The van der Waals surface area contributed by atoms with Gasteiger partial charge >= 0.3 is 0 Å². The van der Waals surface area contributed by atoms with E-state index in [2.05, 4.69) is 17.1 Å². The van der Waals surface area contributed by atoms with Crippen molar-refractivity contribution in [2.24, 2.45) is 0 Å². The molecule has 0 saturated carbocycles. The smallest absolute Gasteiger partial charge is 0.274 e. The van der Waals surface area contributed by atoms with Crippen LogP contribution in [0, 0.1) is 0 Å². The normalized spacial score (nSPS) is 13.1. The van der Waals surface area contributed by atoms with Crippen molar-refractivity contribution in [2.45, 2.75) is 25.8 Å². The number of amides is 1. The largest absolute Gasteiger partial charge is 0.503 e. The molecule has 6 nitrogen and oxygen atoms in total. The zero-order valence-electron chi connectivity index (χ0n) is 15.8. The van der Waals surface area contributed by atoms with Gasteiger partial charge in [-0.1, -0.05) is 30.3 Å². The molecule has 3 heterocycles. The molecule has 1 aliphatic rings. The Labute approximate surface area is 178 Å². The summed E-state index contributed by atoms with van der Waals surface area (Å²) in [4.78, 5) is 31.3. The van der Waals surface area contributed by atoms with E-state index in [1.54, 1.807) is 27.2 Å². The van der Waals surface area contributed by atoms with Crippen LogP contribution in [0.2, 0.25) is 0 Å². The number of hydrogen-bond acceptors (Lipinski definition) is 5. The minimum absolute atomic E-state index is 0. The highest BCUT2D eigenvalue weighted by Crippen LogP contribution is 2.26. The second-order valence-electron chi connectivity index (χ2n) is 6.83. The molecule has 1 aliphatic heterocycles. The van der Waals surface area contributed by atoms with Crippen molar-refractivity contribution in [1.29, 1.82) is 0 Å². The number of halogens is 1. The summed E-state index contributed by atoms with van der Waals surface area (Å²) in [6, 6.07) is 10.3. The van der Waals surface area contributed by atoms with E-state index in [4.69, 9.17) is 0 Å². The van der Waals surface area contributed by atoms with E-state index in [0.717, 1.165) is 19.3 Å². The molecule has 1 aromatic carbocycles. The van der Waals surface area contributed by atoms with Gasteiger partial charge in [0.25, 0.3) is 5.91 Å². The second-order valence-corrected chi connectivity index (χ2v) is 7.73. The van der Waals surface area contributed by atoms with Gasteiger partial charge in [-0.15, -0.1) is 23.7 Å². The van der Waals surface area contributed by atoms with Gasteiger partial charge < -0.3 is 14.6 Å². The van der Waals surface area contributed by atoms with Crippen LogP contribution in [0.25, 0.3) is 10.6 Å². The number of nitrogens with zero attached hydrogens (tertiary/aromatic N) is 3. The van der Waals surface area contributed by atoms with Gasteiger partial charge in [-0.25, -0.2) is 4.98 Å². The number of carbonyl (C=O) groups excluding carboxylic acids is 1. The van der Waals surface area contributed by atoms with Gasteiger partial charge in [0, 0.05) is 37.4 Å². The molecule has 0 spiro atoms. The summed E-state index contributed by atoms with van der Waals surface area (Å²) >= 11 is 1.33. The molecule has 8 heteroatoms. The molecule has 0 saturated heterocycles. The number of hydrogen-bond donors (Lipinski definition) is 1. The number of aryl methyl sites for hydroxylation is 1. The van der Waals surface area contributed by atoms with E-state index < -0.39 is 11.2 Å². The van der Waals surface area contributed by atoms with Crippen LogP contribution in [0.1, 0.15) is 28.9 Å². The molecule has 0 aliphatic carbocycles. The predicted molar refractivity (Wildman–Crippen MR) is 116 cm³/mol. The van der Waals surface area contributed by atoms with E-state index in [0.29, 0.717) is 30.2 Å². The molecule has 2 aromatic heterocycles. The van der Waals surface area contributed by atoms with Gasteiger partial charge in [-0.3, -0.25) is 9.59 Å². The molecule has 4 rings (SSSR count). The van der Waals surface area contributed by atoms with Crippen molar-refractivity contribution in [3.05, 3.63) is 69.6 Å². The van der Waals surface area contributed by atoms with Gasteiger partial charge in [0.05, 0.1) is 5.56 Å². The molecule has 1 N–H and O–H groups in total. The Morgan fingerprint density at radius 3 is 2.62 bits per heavy atom. The standard InChI is InChI=1S/C21H21N3O3S.ClH/c25-18-16(20-22-9-13-28-20)14-24-12-11-23(21(27)17(24)19(18)26)10-5-4-8-15-6-2-1-3-7-15;/h1-3,6-7,9,13-14,26H,4-5,8,10-12H2;1H. The zero-order valence-corrected chi connectivity index (χ0v) is 17.4. The summed E-state index contributed by atoms with van der Waals surface area (Å²) in [6.45, 7) is 1.73. The Bertz CT molecular complexity index is 1040. The summed E-state index contributed by atoms with van der Waals surface area (Å²) in [6.07, 6.45) is 6.09. The van der Waals surface area contributed by atoms with Crippen LogP contribution in [-0.4, -0.2) is 38.6 Å².